The zero-order valence-electron chi connectivity index (χ0n) is 13.3. The Hall–Kier alpha value is -2.62. The number of anilines is 4. The second-order valence-electron chi connectivity index (χ2n) is 5.73. The molecular weight excluding hydrogens is 335 g/mol. The van der Waals surface area contributed by atoms with E-state index in [-0.39, 0.29) is 29.6 Å². The van der Waals surface area contributed by atoms with Crippen molar-refractivity contribution in [2.24, 2.45) is 0 Å². The van der Waals surface area contributed by atoms with Crippen LogP contribution in [0.1, 0.15) is 18.4 Å². The minimum Gasteiger partial charge on any atom is -0.368 e. The number of nitrogens with one attached hydrogen (secondary N) is 3. The molecule has 134 valence electrons. The summed E-state index contributed by atoms with van der Waals surface area (Å²) in [5, 5.41) is 9.15. The molecule has 0 spiro atoms. The quantitative estimate of drug-likeness (QED) is 0.669. The molecule has 3 rings (SSSR count). The molecule has 5 N–H and O–H groups in total. The van der Waals surface area contributed by atoms with Crippen molar-refractivity contribution in [3.63, 3.8) is 0 Å². The van der Waals surface area contributed by atoms with Gasteiger partial charge in [-0.15, -0.1) is 0 Å². The number of halogens is 3. The van der Waals surface area contributed by atoms with Gasteiger partial charge in [0.2, 0.25) is 17.8 Å². The number of nitrogen functional groups attached to an aromatic ring is 1. The van der Waals surface area contributed by atoms with Crippen LogP contribution in [0.15, 0.2) is 24.3 Å². The van der Waals surface area contributed by atoms with Gasteiger partial charge >= 0.3 is 6.18 Å². The van der Waals surface area contributed by atoms with Crippen LogP contribution in [-0.4, -0.2) is 34.1 Å². The molecule has 0 saturated carbocycles. The third-order valence-electron chi connectivity index (χ3n) is 3.73. The molecule has 1 unspecified atom stereocenters. The number of nitrogens with two attached hydrogens (primary N) is 1. The first-order valence-electron chi connectivity index (χ1n) is 7.83. The summed E-state index contributed by atoms with van der Waals surface area (Å²) < 4.78 is 38.4. The average molecular weight is 353 g/mol. The highest BCUT2D eigenvalue weighted by molar-refractivity contribution is 5.56. The van der Waals surface area contributed by atoms with E-state index in [4.69, 9.17) is 5.73 Å². The van der Waals surface area contributed by atoms with Gasteiger partial charge in [0.1, 0.15) is 0 Å². The van der Waals surface area contributed by atoms with Crippen molar-refractivity contribution in [1.29, 1.82) is 0 Å². The van der Waals surface area contributed by atoms with Crippen LogP contribution in [-0.2, 0) is 6.18 Å². The first-order valence-corrected chi connectivity index (χ1v) is 7.83. The van der Waals surface area contributed by atoms with E-state index in [0.717, 1.165) is 38.1 Å². The predicted octanol–water partition coefficient (Wildman–Crippen LogP) is 2.38. The Labute approximate surface area is 142 Å². The second kappa shape index (κ2) is 7.09. The third kappa shape index (κ3) is 4.69. The SMILES string of the molecule is Nc1nc(Nc2cccc(C(F)(F)F)c2)nc(NC2CCCNC2)n1. The Bertz CT molecular complexity index is 729. The molecule has 0 bridgehead atoms. The molecule has 1 aliphatic rings. The van der Waals surface area contributed by atoms with E-state index in [9.17, 15) is 13.2 Å². The molecule has 25 heavy (non-hydrogen) atoms. The lowest BCUT2D eigenvalue weighted by Gasteiger charge is -2.23. The molecule has 0 amide bonds. The monoisotopic (exact) mass is 353 g/mol. The molecule has 7 nitrogen and oxygen atoms in total. The number of alkyl halides is 3. The standard InChI is InChI=1S/C15H18F3N7/c16-15(17,18)9-3-1-4-10(7-9)21-13-23-12(19)24-14(25-13)22-11-5-2-6-20-8-11/h1,3-4,7,11,20H,2,5-6,8H2,(H4,19,21,22,23,24,25). The molecule has 0 radical (unpaired) electrons. The summed E-state index contributed by atoms with van der Waals surface area (Å²) in [4.78, 5) is 12.1. The van der Waals surface area contributed by atoms with Gasteiger partial charge < -0.3 is 21.7 Å². The van der Waals surface area contributed by atoms with Gasteiger partial charge in [0.25, 0.3) is 0 Å². The normalized spacial score (nSPS) is 18.0. The van der Waals surface area contributed by atoms with E-state index in [1.165, 1.54) is 12.1 Å². The molecule has 1 saturated heterocycles. The molecule has 1 fully saturated rings. The van der Waals surface area contributed by atoms with Crippen molar-refractivity contribution < 1.29 is 13.2 Å². The van der Waals surface area contributed by atoms with Crippen molar-refractivity contribution in [2.45, 2.75) is 25.1 Å². The molecule has 1 aliphatic heterocycles. The first-order chi connectivity index (χ1) is 11.9. The maximum atomic E-state index is 12.8. The first kappa shape index (κ1) is 17.2. The Morgan fingerprint density at radius 2 is 1.96 bits per heavy atom. The van der Waals surface area contributed by atoms with Gasteiger partial charge in [-0.1, -0.05) is 6.07 Å². The highest BCUT2D eigenvalue weighted by Crippen LogP contribution is 2.31. The van der Waals surface area contributed by atoms with E-state index in [1.54, 1.807) is 0 Å². The summed E-state index contributed by atoms with van der Waals surface area (Å²) in [7, 11) is 0. The molecule has 0 aliphatic carbocycles. The molecule has 10 heteroatoms. The minimum absolute atomic E-state index is 0.0178. The summed E-state index contributed by atoms with van der Waals surface area (Å²) in [6, 6.07) is 4.95. The lowest BCUT2D eigenvalue weighted by molar-refractivity contribution is -0.137. The molecule has 1 aromatic heterocycles. The highest BCUT2D eigenvalue weighted by Gasteiger charge is 2.30. The van der Waals surface area contributed by atoms with Gasteiger partial charge in [-0.3, -0.25) is 0 Å². The van der Waals surface area contributed by atoms with Crippen LogP contribution in [0.3, 0.4) is 0 Å². The van der Waals surface area contributed by atoms with Crippen LogP contribution in [0.2, 0.25) is 0 Å². The zero-order chi connectivity index (χ0) is 17.9. The Morgan fingerprint density at radius 3 is 2.68 bits per heavy atom. The maximum absolute atomic E-state index is 12.8. The number of rotatable bonds is 4. The topological polar surface area (TPSA) is 101 Å². The zero-order valence-corrected chi connectivity index (χ0v) is 13.3. The van der Waals surface area contributed by atoms with Crippen LogP contribution in [0.4, 0.5) is 36.7 Å². The molecule has 2 aromatic rings. The fourth-order valence-electron chi connectivity index (χ4n) is 2.57. The maximum Gasteiger partial charge on any atom is 0.416 e. The van der Waals surface area contributed by atoms with E-state index in [1.807, 2.05) is 0 Å². The Balaban J connectivity index is 1.76. The number of aromatic nitrogens is 3. The second-order valence-corrected chi connectivity index (χ2v) is 5.73. The van der Waals surface area contributed by atoms with Gasteiger partial charge in [0.05, 0.1) is 5.56 Å². The van der Waals surface area contributed by atoms with E-state index >= 15 is 0 Å². The minimum atomic E-state index is -4.42. The number of benzene rings is 1. The number of hydrogen-bond acceptors (Lipinski definition) is 7. The summed E-state index contributed by atoms with van der Waals surface area (Å²) in [6.45, 7) is 1.75. The van der Waals surface area contributed by atoms with E-state index in [0.29, 0.717) is 0 Å². The van der Waals surface area contributed by atoms with Crippen LogP contribution in [0.5, 0.6) is 0 Å². The Morgan fingerprint density at radius 1 is 1.16 bits per heavy atom. The molecule has 1 aromatic carbocycles. The van der Waals surface area contributed by atoms with Crippen molar-refractivity contribution in [3.05, 3.63) is 29.8 Å². The number of nitrogens with zero attached hydrogens (tertiary/aromatic N) is 3. The summed E-state index contributed by atoms with van der Waals surface area (Å²) in [6.07, 6.45) is -2.42. The fourth-order valence-corrected chi connectivity index (χ4v) is 2.57. The van der Waals surface area contributed by atoms with E-state index < -0.39 is 11.7 Å². The van der Waals surface area contributed by atoms with Crippen LogP contribution in [0.25, 0.3) is 0 Å². The number of hydrogen-bond donors (Lipinski definition) is 4. The third-order valence-corrected chi connectivity index (χ3v) is 3.73. The van der Waals surface area contributed by atoms with Crippen LogP contribution >= 0.6 is 0 Å². The van der Waals surface area contributed by atoms with Crippen molar-refractivity contribution in [1.82, 2.24) is 20.3 Å². The molecule has 1 atom stereocenters. The summed E-state index contributed by atoms with van der Waals surface area (Å²) in [5.74, 6) is 0.351. The summed E-state index contributed by atoms with van der Waals surface area (Å²) >= 11 is 0. The fraction of sp³-hybridized carbons (Fsp3) is 0.400. The van der Waals surface area contributed by atoms with Crippen LogP contribution in [0, 0.1) is 0 Å². The summed E-state index contributed by atoms with van der Waals surface area (Å²) in [5.41, 5.74) is 5.13. The van der Waals surface area contributed by atoms with Gasteiger partial charge in [-0.25, -0.2) is 0 Å². The van der Waals surface area contributed by atoms with E-state index in [2.05, 4.69) is 30.9 Å². The van der Waals surface area contributed by atoms with Crippen molar-refractivity contribution in [2.75, 3.05) is 29.5 Å². The van der Waals surface area contributed by atoms with Gasteiger partial charge in [0.15, 0.2) is 0 Å². The Kier molecular flexibility index (Phi) is 4.88. The molecule has 2 heterocycles. The van der Waals surface area contributed by atoms with Crippen LogP contribution < -0.4 is 21.7 Å². The smallest absolute Gasteiger partial charge is 0.368 e. The number of piperidine rings is 1. The molecular formula is C15H18F3N7. The lowest BCUT2D eigenvalue weighted by atomic mass is 10.1. The van der Waals surface area contributed by atoms with Crippen molar-refractivity contribution in [3.8, 4) is 0 Å². The van der Waals surface area contributed by atoms with Gasteiger partial charge in [-0.2, -0.15) is 28.1 Å². The van der Waals surface area contributed by atoms with Gasteiger partial charge in [0, 0.05) is 18.3 Å². The lowest BCUT2D eigenvalue weighted by Crippen LogP contribution is -2.38. The van der Waals surface area contributed by atoms with Crippen molar-refractivity contribution >= 4 is 23.5 Å². The predicted molar refractivity (Wildman–Crippen MR) is 88.5 cm³/mol. The average Bonchev–Trinajstić information content (AvgIpc) is 2.54. The largest absolute Gasteiger partial charge is 0.416 e. The van der Waals surface area contributed by atoms with Gasteiger partial charge in [-0.05, 0) is 37.6 Å². The highest BCUT2D eigenvalue weighted by atomic mass is 19.4.